The highest BCUT2D eigenvalue weighted by Crippen LogP contribution is 2.54. The number of nitrogens with zero attached hydrogens (tertiary/aromatic N) is 2. The smallest absolute Gasteiger partial charge is 0.317 e. The number of hydrogen-bond acceptors (Lipinski definition) is 3. The average Bonchev–Trinajstić information content (AvgIpc) is 3.56. The Kier molecular flexibility index (Phi) is 4.55. The molecule has 1 N–H and O–H groups in total. The Labute approximate surface area is 166 Å². The van der Waals surface area contributed by atoms with Gasteiger partial charge in [-0.1, -0.05) is 24.3 Å². The Hall–Kier alpha value is -2.40. The summed E-state index contributed by atoms with van der Waals surface area (Å²) in [4.78, 5) is 19.2. The Balaban J connectivity index is 1.23. The monoisotopic (exact) mass is 377 g/mol. The SMILES string of the molecule is O=C(NCc1cccc(-c2cccnc2)c1)N1CC2(CCOCC2)C1C1CC1. The number of nitrogens with one attached hydrogen (secondary N) is 1. The lowest BCUT2D eigenvalue weighted by molar-refractivity contribution is -0.117. The minimum atomic E-state index is 0.0841. The van der Waals surface area contributed by atoms with Gasteiger partial charge in [-0.25, -0.2) is 4.79 Å². The van der Waals surface area contributed by atoms with Gasteiger partial charge in [0.2, 0.25) is 0 Å². The van der Waals surface area contributed by atoms with Gasteiger partial charge in [0.1, 0.15) is 0 Å². The molecular weight excluding hydrogens is 350 g/mol. The van der Waals surface area contributed by atoms with Crippen LogP contribution in [0.5, 0.6) is 0 Å². The van der Waals surface area contributed by atoms with Crippen LogP contribution in [0, 0.1) is 11.3 Å². The molecular formula is C23H27N3O2. The van der Waals surface area contributed by atoms with E-state index in [1.165, 1.54) is 12.8 Å². The molecule has 3 fully saturated rings. The Morgan fingerprint density at radius 3 is 2.75 bits per heavy atom. The summed E-state index contributed by atoms with van der Waals surface area (Å²) >= 11 is 0. The van der Waals surface area contributed by atoms with Gasteiger partial charge in [-0.3, -0.25) is 4.98 Å². The molecule has 1 saturated carbocycles. The van der Waals surface area contributed by atoms with Crippen LogP contribution in [-0.2, 0) is 11.3 Å². The van der Waals surface area contributed by atoms with E-state index >= 15 is 0 Å². The van der Waals surface area contributed by atoms with Gasteiger partial charge in [0.05, 0.1) is 0 Å². The van der Waals surface area contributed by atoms with E-state index in [1.54, 1.807) is 6.20 Å². The molecule has 1 unspecified atom stereocenters. The van der Waals surface area contributed by atoms with Crippen LogP contribution in [0.4, 0.5) is 4.79 Å². The molecule has 3 aliphatic rings. The van der Waals surface area contributed by atoms with E-state index in [4.69, 9.17) is 4.74 Å². The van der Waals surface area contributed by atoms with Crippen LogP contribution in [0.3, 0.4) is 0 Å². The molecule has 28 heavy (non-hydrogen) atoms. The maximum atomic E-state index is 12.9. The molecule has 2 aromatic rings. The lowest BCUT2D eigenvalue weighted by Gasteiger charge is -2.59. The van der Waals surface area contributed by atoms with E-state index in [0.29, 0.717) is 23.9 Å². The van der Waals surface area contributed by atoms with Gasteiger partial charge < -0.3 is 15.0 Å². The van der Waals surface area contributed by atoms with Crippen molar-refractivity contribution < 1.29 is 9.53 Å². The number of carbonyl (C=O) groups excluding carboxylic acids is 1. The van der Waals surface area contributed by atoms with Gasteiger partial charge in [0.25, 0.3) is 0 Å². The topological polar surface area (TPSA) is 54.5 Å². The van der Waals surface area contributed by atoms with Crippen LogP contribution in [0.15, 0.2) is 48.8 Å². The highest BCUT2D eigenvalue weighted by molar-refractivity contribution is 5.76. The van der Waals surface area contributed by atoms with Crippen LogP contribution in [-0.4, -0.2) is 41.7 Å². The fourth-order valence-corrected chi connectivity index (χ4v) is 5.02. The third kappa shape index (κ3) is 3.28. The molecule has 2 aliphatic heterocycles. The zero-order chi connectivity index (χ0) is 19.0. The first-order valence-corrected chi connectivity index (χ1v) is 10.4. The van der Waals surface area contributed by atoms with Crippen LogP contribution in [0.1, 0.15) is 31.2 Å². The Morgan fingerprint density at radius 1 is 1.18 bits per heavy atom. The molecule has 146 valence electrons. The number of aromatic nitrogens is 1. The third-order valence-electron chi connectivity index (χ3n) is 6.63. The first-order chi connectivity index (χ1) is 13.8. The minimum absolute atomic E-state index is 0.0841. The third-order valence-corrected chi connectivity index (χ3v) is 6.63. The highest BCUT2D eigenvalue weighted by Gasteiger charge is 2.59. The standard InChI is InChI=1S/C23H27N3O2/c27-22(26-16-23(8-11-28-12-9-23)21(26)18-6-7-18)25-14-17-3-1-4-19(13-17)20-5-2-10-24-15-20/h1-5,10,13,15,18,21H,6-9,11-12,14,16H2,(H,25,27). The summed E-state index contributed by atoms with van der Waals surface area (Å²) in [5.41, 5.74) is 3.64. The van der Waals surface area contributed by atoms with Crippen molar-refractivity contribution in [2.24, 2.45) is 11.3 Å². The van der Waals surface area contributed by atoms with Crippen LogP contribution in [0.25, 0.3) is 11.1 Å². The van der Waals surface area contributed by atoms with Crippen molar-refractivity contribution in [2.75, 3.05) is 19.8 Å². The van der Waals surface area contributed by atoms with Crippen molar-refractivity contribution >= 4 is 6.03 Å². The van der Waals surface area contributed by atoms with Crippen molar-refractivity contribution in [2.45, 2.75) is 38.3 Å². The van der Waals surface area contributed by atoms with Crippen LogP contribution < -0.4 is 5.32 Å². The van der Waals surface area contributed by atoms with Crippen molar-refractivity contribution in [1.29, 1.82) is 0 Å². The van der Waals surface area contributed by atoms with Gasteiger partial charge in [-0.2, -0.15) is 0 Å². The molecule has 1 aliphatic carbocycles. The fourth-order valence-electron chi connectivity index (χ4n) is 5.02. The lowest BCUT2D eigenvalue weighted by Crippen LogP contribution is -2.70. The number of benzene rings is 1. The van der Waals surface area contributed by atoms with Crippen molar-refractivity contribution in [3.8, 4) is 11.1 Å². The number of pyridine rings is 1. The molecule has 2 amide bonds. The van der Waals surface area contributed by atoms with Gasteiger partial charge >= 0.3 is 6.03 Å². The number of likely N-dealkylation sites (tertiary alicyclic amines) is 1. The molecule has 0 radical (unpaired) electrons. The Morgan fingerprint density at radius 2 is 2.00 bits per heavy atom. The highest BCUT2D eigenvalue weighted by atomic mass is 16.5. The van der Waals surface area contributed by atoms with Crippen molar-refractivity contribution in [3.63, 3.8) is 0 Å². The minimum Gasteiger partial charge on any atom is -0.381 e. The number of urea groups is 1. The normalized spacial score (nSPS) is 23.3. The fraction of sp³-hybridized carbons (Fsp3) is 0.478. The summed E-state index contributed by atoms with van der Waals surface area (Å²) in [7, 11) is 0. The zero-order valence-corrected chi connectivity index (χ0v) is 16.1. The quantitative estimate of drug-likeness (QED) is 0.881. The number of rotatable bonds is 4. The van der Waals surface area contributed by atoms with Crippen molar-refractivity contribution in [1.82, 2.24) is 15.2 Å². The molecule has 3 heterocycles. The molecule has 2 saturated heterocycles. The molecule has 1 aromatic carbocycles. The van der Waals surface area contributed by atoms with Crippen LogP contribution >= 0.6 is 0 Å². The molecule has 5 rings (SSSR count). The second kappa shape index (κ2) is 7.21. The van der Waals surface area contributed by atoms with Crippen LogP contribution in [0.2, 0.25) is 0 Å². The largest absolute Gasteiger partial charge is 0.381 e. The number of hydrogen-bond donors (Lipinski definition) is 1. The van der Waals surface area contributed by atoms with E-state index < -0.39 is 0 Å². The van der Waals surface area contributed by atoms with Gasteiger partial charge in [0.15, 0.2) is 0 Å². The molecule has 5 nitrogen and oxygen atoms in total. The molecule has 1 atom stereocenters. The molecule has 0 bridgehead atoms. The average molecular weight is 377 g/mol. The predicted octanol–water partition coefficient (Wildman–Crippen LogP) is 3.85. The van der Waals surface area contributed by atoms with Gasteiger partial charge in [0, 0.05) is 50.2 Å². The van der Waals surface area contributed by atoms with Crippen molar-refractivity contribution in [3.05, 3.63) is 54.4 Å². The number of amides is 2. The first-order valence-electron chi connectivity index (χ1n) is 10.4. The molecule has 1 spiro atoms. The first kappa shape index (κ1) is 17.7. The maximum absolute atomic E-state index is 12.9. The Bertz CT molecular complexity index is 844. The van der Waals surface area contributed by atoms with E-state index in [-0.39, 0.29) is 6.03 Å². The number of carbonyl (C=O) groups is 1. The summed E-state index contributed by atoms with van der Waals surface area (Å²) in [6.45, 7) is 3.13. The maximum Gasteiger partial charge on any atom is 0.317 e. The van der Waals surface area contributed by atoms with Gasteiger partial charge in [-0.15, -0.1) is 0 Å². The van der Waals surface area contributed by atoms with Gasteiger partial charge in [-0.05, 0) is 60.4 Å². The molecule has 5 heteroatoms. The lowest BCUT2D eigenvalue weighted by atomic mass is 9.64. The summed E-state index contributed by atoms with van der Waals surface area (Å²) in [6, 6.07) is 12.8. The zero-order valence-electron chi connectivity index (χ0n) is 16.1. The van der Waals surface area contributed by atoms with E-state index in [9.17, 15) is 4.79 Å². The summed E-state index contributed by atoms with van der Waals surface area (Å²) in [5.74, 6) is 0.700. The summed E-state index contributed by atoms with van der Waals surface area (Å²) < 4.78 is 5.57. The second-order valence-electron chi connectivity index (χ2n) is 8.49. The summed E-state index contributed by atoms with van der Waals surface area (Å²) in [6.07, 6.45) is 8.39. The second-order valence-corrected chi connectivity index (χ2v) is 8.49. The molecule has 1 aromatic heterocycles. The summed E-state index contributed by atoms with van der Waals surface area (Å²) in [5, 5.41) is 3.15. The van der Waals surface area contributed by atoms with E-state index in [0.717, 1.165) is 49.3 Å². The van der Waals surface area contributed by atoms with E-state index in [2.05, 4.69) is 39.5 Å². The van der Waals surface area contributed by atoms with E-state index in [1.807, 2.05) is 18.3 Å². The predicted molar refractivity (Wildman–Crippen MR) is 108 cm³/mol. The number of ether oxygens (including phenoxy) is 1.